The van der Waals surface area contributed by atoms with Crippen LogP contribution in [0.1, 0.15) is 28.8 Å². The standard InChI is InChI=1S/C17H26N2O5S/c1-13-4-5-14(10-15(13)25(22,23)19(2)3)16(21)18-11-17(12-20)6-8-24-9-7-17/h4-5,10,20H,6-9,11-12H2,1-3H3,(H,18,21). The third-order valence-corrected chi connectivity index (χ3v) is 6.68. The Kier molecular flexibility index (Phi) is 6.21. The van der Waals surface area contributed by atoms with E-state index in [0.717, 1.165) is 4.31 Å². The van der Waals surface area contributed by atoms with Crippen LogP contribution >= 0.6 is 0 Å². The molecular weight excluding hydrogens is 344 g/mol. The second-order valence-electron chi connectivity index (χ2n) is 6.72. The van der Waals surface area contributed by atoms with Gasteiger partial charge in [-0.25, -0.2) is 12.7 Å². The fraction of sp³-hybridized carbons (Fsp3) is 0.588. The fourth-order valence-corrected chi connectivity index (χ4v) is 3.93. The molecule has 1 aliphatic heterocycles. The van der Waals surface area contributed by atoms with E-state index in [-0.39, 0.29) is 28.4 Å². The van der Waals surface area contributed by atoms with E-state index in [4.69, 9.17) is 4.74 Å². The Hall–Kier alpha value is -1.48. The highest BCUT2D eigenvalue weighted by molar-refractivity contribution is 7.89. The van der Waals surface area contributed by atoms with Gasteiger partial charge in [0.05, 0.1) is 11.5 Å². The summed E-state index contributed by atoms with van der Waals surface area (Å²) in [4.78, 5) is 12.6. The molecule has 0 radical (unpaired) electrons. The van der Waals surface area contributed by atoms with Gasteiger partial charge in [0, 0.05) is 44.8 Å². The van der Waals surface area contributed by atoms with Crippen molar-refractivity contribution in [2.45, 2.75) is 24.7 Å². The summed E-state index contributed by atoms with van der Waals surface area (Å²) < 4.78 is 31.2. The van der Waals surface area contributed by atoms with Crippen molar-refractivity contribution >= 4 is 15.9 Å². The van der Waals surface area contributed by atoms with E-state index in [2.05, 4.69) is 5.32 Å². The maximum absolute atomic E-state index is 12.5. The zero-order chi connectivity index (χ0) is 18.7. The van der Waals surface area contributed by atoms with Crippen LogP contribution in [0.2, 0.25) is 0 Å². The molecule has 7 nitrogen and oxygen atoms in total. The van der Waals surface area contributed by atoms with E-state index in [9.17, 15) is 18.3 Å². The maximum Gasteiger partial charge on any atom is 0.251 e. The number of rotatable bonds is 6. The molecule has 1 amide bonds. The number of hydrogen-bond acceptors (Lipinski definition) is 5. The molecule has 25 heavy (non-hydrogen) atoms. The topological polar surface area (TPSA) is 95.9 Å². The third-order valence-electron chi connectivity index (χ3n) is 4.72. The number of ether oxygens (including phenoxy) is 1. The summed E-state index contributed by atoms with van der Waals surface area (Å²) in [5.74, 6) is -0.352. The van der Waals surface area contributed by atoms with E-state index >= 15 is 0 Å². The molecule has 0 atom stereocenters. The number of aliphatic hydroxyl groups is 1. The number of aryl methyl sites for hydroxylation is 1. The van der Waals surface area contributed by atoms with Gasteiger partial charge in [0.2, 0.25) is 10.0 Å². The molecule has 8 heteroatoms. The molecule has 2 rings (SSSR count). The average Bonchev–Trinajstić information content (AvgIpc) is 2.60. The van der Waals surface area contributed by atoms with Gasteiger partial charge in [0.1, 0.15) is 0 Å². The van der Waals surface area contributed by atoms with Crippen molar-refractivity contribution in [2.24, 2.45) is 5.41 Å². The summed E-state index contributed by atoms with van der Waals surface area (Å²) in [7, 11) is -0.707. The average molecular weight is 370 g/mol. The summed E-state index contributed by atoms with van der Waals surface area (Å²) in [6.07, 6.45) is 1.36. The highest BCUT2D eigenvalue weighted by Gasteiger charge is 2.32. The Morgan fingerprint density at radius 2 is 1.96 bits per heavy atom. The van der Waals surface area contributed by atoms with E-state index in [1.54, 1.807) is 19.1 Å². The number of benzene rings is 1. The van der Waals surface area contributed by atoms with Crippen LogP contribution in [0, 0.1) is 12.3 Å². The number of hydrogen-bond donors (Lipinski definition) is 2. The van der Waals surface area contributed by atoms with Crippen LogP contribution in [0.3, 0.4) is 0 Å². The molecule has 0 bridgehead atoms. The first-order valence-electron chi connectivity index (χ1n) is 8.22. The van der Waals surface area contributed by atoms with E-state index in [1.165, 1.54) is 20.2 Å². The molecule has 140 valence electrons. The number of carbonyl (C=O) groups excluding carboxylic acids is 1. The van der Waals surface area contributed by atoms with Gasteiger partial charge in [0.25, 0.3) is 5.91 Å². The zero-order valence-electron chi connectivity index (χ0n) is 14.9. The van der Waals surface area contributed by atoms with Gasteiger partial charge >= 0.3 is 0 Å². The first-order valence-corrected chi connectivity index (χ1v) is 9.66. The van der Waals surface area contributed by atoms with Crippen molar-refractivity contribution in [3.8, 4) is 0 Å². The number of amides is 1. The lowest BCUT2D eigenvalue weighted by Gasteiger charge is -2.35. The van der Waals surface area contributed by atoms with Crippen LogP contribution in [0.15, 0.2) is 23.1 Å². The zero-order valence-corrected chi connectivity index (χ0v) is 15.7. The molecule has 1 aliphatic rings. The summed E-state index contributed by atoms with van der Waals surface area (Å²) in [6.45, 7) is 3.12. The lowest BCUT2D eigenvalue weighted by molar-refractivity contribution is -0.0146. The molecule has 0 spiro atoms. The predicted octanol–water partition coefficient (Wildman–Crippen LogP) is 0.764. The van der Waals surface area contributed by atoms with Gasteiger partial charge in [0.15, 0.2) is 0 Å². The van der Waals surface area contributed by atoms with Gasteiger partial charge in [-0.2, -0.15) is 0 Å². The minimum atomic E-state index is -3.62. The summed E-state index contributed by atoms with van der Waals surface area (Å²) in [6, 6.07) is 4.63. The Balaban J connectivity index is 2.17. The molecule has 1 aromatic rings. The number of nitrogens with one attached hydrogen (secondary N) is 1. The molecule has 1 saturated heterocycles. The van der Waals surface area contributed by atoms with Crippen LogP contribution in [-0.4, -0.2) is 64.2 Å². The lowest BCUT2D eigenvalue weighted by atomic mass is 9.81. The quantitative estimate of drug-likeness (QED) is 0.771. The van der Waals surface area contributed by atoms with Crippen LogP contribution in [-0.2, 0) is 14.8 Å². The molecule has 0 aliphatic carbocycles. The Bertz CT molecular complexity index is 725. The smallest absolute Gasteiger partial charge is 0.251 e. The van der Waals surface area contributed by atoms with Crippen LogP contribution in [0.4, 0.5) is 0 Å². The van der Waals surface area contributed by atoms with Crippen molar-refractivity contribution in [3.63, 3.8) is 0 Å². The van der Waals surface area contributed by atoms with Crippen molar-refractivity contribution < 1.29 is 23.1 Å². The molecule has 1 aromatic carbocycles. The Labute approximate surface area is 149 Å². The second-order valence-corrected chi connectivity index (χ2v) is 8.84. The van der Waals surface area contributed by atoms with Gasteiger partial charge in [-0.3, -0.25) is 4.79 Å². The van der Waals surface area contributed by atoms with Crippen molar-refractivity contribution in [1.82, 2.24) is 9.62 Å². The lowest BCUT2D eigenvalue weighted by Crippen LogP contribution is -2.43. The van der Waals surface area contributed by atoms with Gasteiger partial charge in [-0.15, -0.1) is 0 Å². The fourth-order valence-electron chi connectivity index (χ4n) is 2.78. The summed E-state index contributed by atoms with van der Waals surface area (Å²) in [5, 5.41) is 12.5. The number of aliphatic hydroxyl groups excluding tert-OH is 1. The Morgan fingerprint density at radius 3 is 2.52 bits per heavy atom. The molecule has 2 N–H and O–H groups in total. The van der Waals surface area contributed by atoms with Crippen LogP contribution in [0.5, 0.6) is 0 Å². The number of carbonyl (C=O) groups is 1. The summed E-state index contributed by atoms with van der Waals surface area (Å²) >= 11 is 0. The van der Waals surface area contributed by atoms with Gasteiger partial charge in [-0.05, 0) is 37.5 Å². The molecule has 1 fully saturated rings. The predicted molar refractivity (Wildman–Crippen MR) is 94.0 cm³/mol. The normalized spacial score (nSPS) is 17.5. The third kappa shape index (κ3) is 4.38. The number of nitrogens with zero attached hydrogens (tertiary/aromatic N) is 1. The van der Waals surface area contributed by atoms with Crippen molar-refractivity contribution in [3.05, 3.63) is 29.3 Å². The largest absolute Gasteiger partial charge is 0.396 e. The van der Waals surface area contributed by atoms with Crippen molar-refractivity contribution in [1.29, 1.82) is 0 Å². The van der Waals surface area contributed by atoms with Crippen LogP contribution < -0.4 is 5.32 Å². The SMILES string of the molecule is Cc1ccc(C(=O)NCC2(CO)CCOCC2)cc1S(=O)(=O)N(C)C. The van der Waals surface area contributed by atoms with Gasteiger partial charge in [-0.1, -0.05) is 6.07 Å². The molecule has 0 aromatic heterocycles. The first-order chi connectivity index (χ1) is 11.7. The van der Waals surface area contributed by atoms with Crippen molar-refractivity contribution in [2.75, 3.05) is 40.5 Å². The minimum absolute atomic E-state index is 0.0230. The van der Waals surface area contributed by atoms with E-state index in [1.807, 2.05) is 0 Å². The number of sulfonamides is 1. The Morgan fingerprint density at radius 1 is 1.32 bits per heavy atom. The highest BCUT2D eigenvalue weighted by atomic mass is 32.2. The first kappa shape index (κ1) is 19.8. The minimum Gasteiger partial charge on any atom is -0.396 e. The molecule has 0 unspecified atom stereocenters. The maximum atomic E-state index is 12.5. The van der Waals surface area contributed by atoms with E-state index < -0.39 is 10.0 Å². The monoisotopic (exact) mass is 370 g/mol. The van der Waals surface area contributed by atoms with Gasteiger partial charge < -0.3 is 15.2 Å². The van der Waals surface area contributed by atoms with Crippen LogP contribution in [0.25, 0.3) is 0 Å². The molecular formula is C17H26N2O5S. The second kappa shape index (κ2) is 7.82. The molecule has 1 heterocycles. The van der Waals surface area contributed by atoms with E-state index in [0.29, 0.717) is 38.2 Å². The summed E-state index contributed by atoms with van der Waals surface area (Å²) in [5.41, 5.74) is 0.490. The highest BCUT2D eigenvalue weighted by Crippen LogP contribution is 2.29. The molecule has 0 saturated carbocycles.